The van der Waals surface area contributed by atoms with Gasteiger partial charge >= 0.3 is 0 Å². The summed E-state index contributed by atoms with van der Waals surface area (Å²) in [6, 6.07) is 2.44. The van der Waals surface area contributed by atoms with Gasteiger partial charge in [-0.3, -0.25) is 9.78 Å². The molecule has 0 aromatic carbocycles. The van der Waals surface area contributed by atoms with Gasteiger partial charge in [-0.2, -0.15) is 0 Å². The largest absolute Gasteiger partial charge is 0.381 e. The van der Waals surface area contributed by atoms with E-state index in [1.165, 1.54) is 38.5 Å². The number of unbranched alkanes of at least 4 members (excludes halogenated alkanes) is 1. The first-order valence-electron chi connectivity index (χ1n) is 8.29. The Kier molecular flexibility index (Phi) is 6.51. The lowest BCUT2D eigenvalue weighted by atomic mass is 10.1. The van der Waals surface area contributed by atoms with E-state index in [0.29, 0.717) is 11.6 Å². The Morgan fingerprint density at radius 2 is 2.00 bits per heavy atom. The molecule has 1 fully saturated rings. The second-order valence-corrected chi connectivity index (χ2v) is 5.90. The highest BCUT2D eigenvalue weighted by atomic mass is 16.1. The number of carbonyl (C=O) groups excluding carboxylic acids is 1. The van der Waals surface area contributed by atoms with Crippen LogP contribution in [0.3, 0.4) is 0 Å². The summed E-state index contributed by atoms with van der Waals surface area (Å²) in [6.07, 6.45) is 13.3. The Balaban J connectivity index is 1.91. The first-order valence-corrected chi connectivity index (χ1v) is 8.29. The number of pyridine rings is 1. The molecular formula is C17H27N3O. The lowest BCUT2D eigenvalue weighted by Gasteiger charge is -2.17. The van der Waals surface area contributed by atoms with Crippen molar-refractivity contribution in [2.75, 3.05) is 11.9 Å². The molecule has 1 amide bonds. The van der Waals surface area contributed by atoms with Crippen LogP contribution in [0.15, 0.2) is 18.5 Å². The van der Waals surface area contributed by atoms with Crippen LogP contribution < -0.4 is 10.6 Å². The number of carbonyl (C=O) groups is 1. The molecule has 4 nitrogen and oxygen atoms in total. The molecule has 0 atom stereocenters. The smallest absolute Gasteiger partial charge is 0.252 e. The quantitative estimate of drug-likeness (QED) is 0.619. The van der Waals surface area contributed by atoms with Crippen LogP contribution in [0.5, 0.6) is 0 Å². The monoisotopic (exact) mass is 289 g/mol. The van der Waals surface area contributed by atoms with Crippen LogP contribution in [0, 0.1) is 0 Å². The molecule has 4 heteroatoms. The summed E-state index contributed by atoms with van der Waals surface area (Å²) in [7, 11) is 0. The molecule has 0 aliphatic heterocycles. The van der Waals surface area contributed by atoms with Crippen molar-refractivity contribution in [2.45, 2.75) is 64.3 Å². The number of amides is 1. The minimum absolute atomic E-state index is 0.0273. The van der Waals surface area contributed by atoms with Gasteiger partial charge in [-0.25, -0.2) is 0 Å². The standard InChI is InChI=1S/C17H27N3O/c1-2-3-10-19-17(21)14-11-16(13-18-12-14)20-15-8-6-4-5-7-9-15/h11-13,15,20H,2-10H2,1H3,(H,19,21). The van der Waals surface area contributed by atoms with Gasteiger partial charge in [0.1, 0.15) is 0 Å². The number of rotatable bonds is 6. The summed E-state index contributed by atoms with van der Waals surface area (Å²) in [6.45, 7) is 2.85. The predicted octanol–water partition coefficient (Wildman–Crippen LogP) is 3.75. The molecule has 0 unspecified atom stereocenters. The van der Waals surface area contributed by atoms with Crippen molar-refractivity contribution in [2.24, 2.45) is 0 Å². The first-order chi connectivity index (χ1) is 10.3. The van der Waals surface area contributed by atoms with Gasteiger partial charge in [-0.05, 0) is 25.3 Å². The van der Waals surface area contributed by atoms with E-state index in [4.69, 9.17) is 0 Å². The normalized spacial score (nSPS) is 16.2. The molecule has 1 heterocycles. The van der Waals surface area contributed by atoms with Gasteiger partial charge in [0.15, 0.2) is 0 Å². The van der Waals surface area contributed by atoms with Gasteiger partial charge in [-0.15, -0.1) is 0 Å². The van der Waals surface area contributed by atoms with Crippen molar-refractivity contribution in [1.82, 2.24) is 10.3 Å². The van der Waals surface area contributed by atoms with Gasteiger partial charge in [0.2, 0.25) is 0 Å². The molecule has 1 aromatic heterocycles. The van der Waals surface area contributed by atoms with Gasteiger partial charge in [-0.1, -0.05) is 39.0 Å². The van der Waals surface area contributed by atoms with E-state index in [2.05, 4.69) is 22.5 Å². The molecule has 0 saturated heterocycles. The van der Waals surface area contributed by atoms with Crippen LogP contribution in [0.2, 0.25) is 0 Å². The summed E-state index contributed by atoms with van der Waals surface area (Å²) in [5, 5.41) is 6.47. The van der Waals surface area contributed by atoms with Crippen LogP contribution in [-0.4, -0.2) is 23.5 Å². The molecule has 1 saturated carbocycles. The van der Waals surface area contributed by atoms with Gasteiger partial charge in [0.05, 0.1) is 11.3 Å². The van der Waals surface area contributed by atoms with Crippen molar-refractivity contribution in [1.29, 1.82) is 0 Å². The van der Waals surface area contributed by atoms with Crippen molar-refractivity contribution in [3.05, 3.63) is 24.0 Å². The summed E-state index contributed by atoms with van der Waals surface area (Å²) in [5.74, 6) is -0.0273. The van der Waals surface area contributed by atoms with Crippen molar-refractivity contribution in [3.8, 4) is 0 Å². The number of nitrogens with zero attached hydrogens (tertiary/aromatic N) is 1. The highest BCUT2D eigenvalue weighted by molar-refractivity contribution is 5.94. The number of aromatic nitrogens is 1. The number of hydrogen-bond acceptors (Lipinski definition) is 3. The summed E-state index contributed by atoms with van der Waals surface area (Å²) in [4.78, 5) is 16.2. The fraction of sp³-hybridized carbons (Fsp3) is 0.647. The molecule has 0 spiro atoms. The summed E-state index contributed by atoms with van der Waals surface area (Å²) < 4.78 is 0. The Labute approximate surface area is 127 Å². The lowest BCUT2D eigenvalue weighted by molar-refractivity contribution is 0.0953. The van der Waals surface area contributed by atoms with E-state index >= 15 is 0 Å². The third-order valence-electron chi connectivity index (χ3n) is 4.04. The van der Waals surface area contributed by atoms with Gasteiger partial charge in [0, 0.05) is 25.0 Å². The van der Waals surface area contributed by atoms with E-state index in [-0.39, 0.29) is 5.91 Å². The average molecular weight is 289 g/mol. The first kappa shape index (κ1) is 15.8. The minimum atomic E-state index is -0.0273. The second kappa shape index (κ2) is 8.65. The Morgan fingerprint density at radius 3 is 2.71 bits per heavy atom. The van der Waals surface area contributed by atoms with Crippen molar-refractivity contribution >= 4 is 11.6 Å². The van der Waals surface area contributed by atoms with Crippen LogP contribution >= 0.6 is 0 Å². The SMILES string of the molecule is CCCCNC(=O)c1cncc(NC2CCCCCC2)c1. The zero-order chi connectivity index (χ0) is 14.9. The summed E-state index contributed by atoms with van der Waals surface area (Å²) >= 11 is 0. The van der Waals surface area contributed by atoms with E-state index in [0.717, 1.165) is 25.1 Å². The van der Waals surface area contributed by atoms with Gasteiger partial charge < -0.3 is 10.6 Å². The zero-order valence-corrected chi connectivity index (χ0v) is 13.0. The molecule has 116 valence electrons. The van der Waals surface area contributed by atoms with Crippen LogP contribution in [0.1, 0.15) is 68.6 Å². The maximum Gasteiger partial charge on any atom is 0.252 e. The van der Waals surface area contributed by atoms with Crippen molar-refractivity contribution < 1.29 is 4.79 Å². The topological polar surface area (TPSA) is 54.0 Å². The van der Waals surface area contributed by atoms with Gasteiger partial charge in [0.25, 0.3) is 5.91 Å². The number of nitrogens with one attached hydrogen (secondary N) is 2. The van der Waals surface area contributed by atoms with Crippen LogP contribution in [0.4, 0.5) is 5.69 Å². The molecule has 0 radical (unpaired) electrons. The van der Waals surface area contributed by atoms with E-state index in [1.807, 2.05) is 12.3 Å². The number of hydrogen-bond donors (Lipinski definition) is 2. The Bertz CT molecular complexity index is 439. The Morgan fingerprint density at radius 1 is 1.24 bits per heavy atom. The van der Waals surface area contributed by atoms with E-state index in [9.17, 15) is 4.79 Å². The fourth-order valence-corrected chi connectivity index (χ4v) is 2.78. The van der Waals surface area contributed by atoms with Crippen LogP contribution in [-0.2, 0) is 0 Å². The average Bonchev–Trinajstić information content (AvgIpc) is 2.76. The molecule has 1 aliphatic carbocycles. The second-order valence-electron chi connectivity index (χ2n) is 5.90. The molecule has 1 aliphatic rings. The zero-order valence-electron chi connectivity index (χ0n) is 13.0. The summed E-state index contributed by atoms with van der Waals surface area (Å²) in [5.41, 5.74) is 1.61. The van der Waals surface area contributed by atoms with E-state index < -0.39 is 0 Å². The Hall–Kier alpha value is -1.58. The third kappa shape index (κ3) is 5.37. The fourth-order valence-electron chi connectivity index (χ4n) is 2.78. The maximum atomic E-state index is 12.0. The predicted molar refractivity (Wildman–Crippen MR) is 86.6 cm³/mol. The molecule has 2 rings (SSSR count). The molecule has 1 aromatic rings. The molecule has 2 N–H and O–H groups in total. The number of anilines is 1. The van der Waals surface area contributed by atoms with Crippen molar-refractivity contribution in [3.63, 3.8) is 0 Å². The third-order valence-corrected chi connectivity index (χ3v) is 4.04. The highest BCUT2D eigenvalue weighted by Crippen LogP contribution is 2.21. The van der Waals surface area contributed by atoms with Crippen LogP contribution in [0.25, 0.3) is 0 Å². The lowest BCUT2D eigenvalue weighted by Crippen LogP contribution is -2.25. The highest BCUT2D eigenvalue weighted by Gasteiger charge is 2.13. The minimum Gasteiger partial charge on any atom is -0.381 e. The van der Waals surface area contributed by atoms with E-state index in [1.54, 1.807) is 6.20 Å². The molecular weight excluding hydrogens is 262 g/mol. The molecule has 21 heavy (non-hydrogen) atoms. The maximum absolute atomic E-state index is 12.0. The molecule has 0 bridgehead atoms.